The van der Waals surface area contributed by atoms with Gasteiger partial charge in [-0.2, -0.15) is 0 Å². The van der Waals surface area contributed by atoms with Crippen LogP contribution in [-0.4, -0.2) is 46.6 Å². The standard InChI is InChI=1S/C50H72N2O2/c1-29(2)38-20-41-30(3)14-39-26-47(41,5)50(27-38)25-34(24-49(50)12-7-8-13-49)16-32-10-9-11-33(15-32)17-36-22-43(39)52-48(6)42(36)19-37-18-35-21-44(51-28-31(4)53)45(54)23-40(35)46(37)48/h9-11,14-15,31,34-38,40,42-46,51-54H,1,7-8,12-13,16-28H2,2-6H3. The highest BCUT2D eigenvalue weighted by molar-refractivity contribution is 5.45. The fraction of sp³-hybridized carbons (Fsp3) is 0.760. The second-order valence-electron chi connectivity index (χ2n) is 22.1. The van der Waals surface area contributed by atoms with E-state index in [2.05, 4.69) is 75.2 Å². The molecule has 2 spiro atoms. The van der Waals surface area contributed by atoms with Crippen LogP contribution in [0.1, 0.15) is 136 Å². The van der Waals surface area contributed by atoms with Gasteiger partial charge in [0.15, 0.2) is 0 Å². The van der Waals surface area contributed by atoms with Crippen LogP contribution in [-0.2, 0) is 12.8 Å². The molecule has 1 aliphatic heterocycles. The average molecular weight is 733 g/mol. The Bertz CT molecular complexity index is 1730. The Labute approximate surface area is 327 Å². The third-order valence-corrected chi connectivity index (χ3v) is 19.3. The van der Waals surface area contributed by atoms with Gasteiger partial charge in [-0.3, -0.25) is 0 Å². The Morgan fingerprint density at radius 3 is 2.50 bits per heavy atom. The summed E-state index contributed by atoms with van der Waals surface area (Å²) in [4.78, 5) is 0. The van der Waals surface area contributed by atoms with E-state index in [0.717, 1.165) is 24.7 Å². The quantitative estimate of drug-likeness (QED) is 0.233. The van der Waals surface area contributed by atoms with Gasteiger partial charge < -0.3 is 20.8 Å². The van der Waals surface area contributed by atoms with Crippen molar-refractivity contribution in [3.8, 4) is 0 Å². The zero-order chi connectivity index (χ0) is 37.4. The molecular formula is C50H72N2O2. The zero-order valence-electron chi connectivity index (χ0n) is 34.4. The lowest BCUT2D eigenvalue weighted by Crippen LogP contribution is -2.64. The molecule has 1 saturated heterocycles. The maximum Gasteiger partial charge on any atom is 0.0696 e. The number of hydrogen-bond donors (Lipinski definition) is 4. The van der Waals surface area contributed by atoms with E-state index in [-0.39, 0.29) is 29.2 Å². The highest BCUT2D eigenvalue weighted by Gasteiger charge is 2.69. The summed E-state index contributed by atoms with van der Waals surface area (Å²) in [5.41, 5.74) is 10.8. The van der Waals surface area contributed by atoms with Crippen LogP contribution in [0, 0.1) is 63.6 Å². The van der Waals surface area contributed by atoms with Crippen molar-refractivity contribution in [1.29, 1.82) is 0 Å². The summed E-state index contributed by atoms with van der Waals surface area (Å²) in [7, 11) is 0. The molecule has 8 bridgehead atoms. The maximum atomic E-state index is 11.6. The van der Waals surface area contributed by atoms with Crippen molar-refractivity contribution >= 4 is 0 Å². The zero-order valence-corrected chi connectivity index (χ0v) is 34.4. The van der Waals surface area contributed by atoms with E-state index >= 15 is 0 Å². The minimum absolute atomic E-state index is 0.0754. The summed E-state index contributed by atoms with van der Waals surface area (Å²) in [6, 6.07) is 10.5. The molecule has 1 heterocycles. The SMILES string of the molecule is C=C(C)C1CC2=C(C)C=C3CC2(C)C2(CC(Cc4cccc(c4)CC4CC3NC3(C)C4CC4CC5CC(NCC(C)O)C(O)CC5C43)CC23CCCC3)C1. The van der Waals surface area contributed by atoms with Gasteiger partial charge in [-0.25, -0.2) is 0 Å². The lowest BCUT2D eigenvalue weighted by Gasteiger charge is -2.63. The van der Waals surface area contributed by atoms with Gasteiger partial charge in [-0.05, 0) is 192 Å². The lowest BCUT2D eigenvalue weighted by atomic mass is 9.41. The average Bonchev–Trinajstić information content (AvgIpc) is 3.87. The maximum absolute atomic E-state index is 11.6. The van der Waals surface area contributed by atoms with Crippen molar-refractivity contribution in [3.05, 3.63) is 70.3 Å². The summed E-state index contributed by atoms with van der Waals surface area (Å²) in [6.07, 6.45) is 22.7. The monoisotopic (exact) mass is 733 g/mol. The molecule has 54 heavy (non-hydrogen) atoms. The summed E-state index contributed by atoms with van der Waals surface area (Å²) < 4.78 is 0. The molecule has 294 valence electrons. The topological polar surface area (TPSA) is 64.5 Å². The second-order valence-corrected chi connectivity index (χ2v) is 22.1. The van der Waals surface area contributed by atoms with Crippen molar-refractivity contribution in [2.24, 2.45) is 63.6 Å². The Kier molecular flexibility index (Phi) is 8.74. The number of aliphatic hydroxyl groups excluding tert-OH is 2. The Morgan fingerprint density at radius 1 is 0.963 bits per heavy atom. The fourth-order valence-corrected chi connectivity index (χ4v) is 17.5. The molecular weight excluding hydrogens is 661 g/mol. The van der Waals surface area contributed by atoms with Crippen molar-refractivity contribution in [2.45, 2.75) is 167 Å². The second kappa shape index (κ2) is 12.9. The van der Waals surface area contributed by atoms with Crippen LogP contribution in [0.4, 0.5) is 0 Å². The van der Waals surface area contributed by atoms with Crippen LogP contribution in [0.2, 0.25) is 0 Å². The van der Waals surface area contributed by atoms with Crippen LogP contribution >= 0.6 is 0 Å². The van der Waals surface area contributed by atoms with Crippen molar-refractivity contribution in [3.63, 3.8) is 0 Å². The molecule has 1 aromatic rings. The molecule has 4 nitrogen and oxygen atoms in total. The summed E-state index contributed by atoms with van der Waals surface area (Å²) >= 11 is 0. The third kappa shape index (κ3) is 5.34. The molecule has 10 rings (SSSR count). The van der Waals surface area contributed by atoms with Gasteiger partial charge in [-0.1, -0.05) is 79.0 Å². The van der Waals surface area contributed by atoms with Gasteiger partial charge in [0, 0.05) is 24.2 Å². The van der Waals surface area contributed by atoms with Gasteiger partial charge >= 0.3 is 0 Å². The molecule has 0 aromatic heterocycles. The van der Waals surface area contributed by atoms with Crippen molar-refractivity contribution in [2.75, 3.05) is 6.54 Å². The molecule has 0 radical (unpaired) electrons. The molecule has 15 atom stereocenters. The van der Waals surface area contributed by atoms with Crippen LogP contribution < -0.4 is 10.6 Å². The van der Waals surface area contributed by atoms with Crippen LogP contribution in [0.25, 0.3) is 0 Å². The minimum atomic E-state index is -0.381. The number of benzene rings is 1. The van der Waals surface area contributed by atoms with E-state index in [9.17, 15) is 10.2 Å². The van der Waals surface area contributed by atoms with Gasteiger partial charge in [-0.15, -0.1) is 0 Å². The molecule has 9 aliphatic rings. The van der Waals surface area contributed by atoms with Crippen LogP contribution in [0.3, 0.4) is 0 Å². The third-order valence-electron chi connectivity index (χ3n) is 19.3. The predicted octanol–water partition coefficient (Wildman–Crippen LogP) is 9.50. The van der Waals surface area contributed by atoms with Gasteiger partial charge in [0.05, 0.1) is 12.2 Å². The minimum Gasteiger partial charge on any atom is -0.392 e. The predicted molar refractivity (Wildman–Crippen MR) is 220 cm³/mol. The molecule has 4 N–H and O–H groups in total. The highest BCUT2D eigenvalue weighted by Crippen LogP contribution is 2.77. The fourth-order valence-electron chi connectivity index (χ4n) is 17.5. The first kappa shape index (κ1) is 36.6. The summed E-state index contributed by atoms with van der Waals surface area (Å²) in [6.45, 7) is 17.4. The van der Waals surface area contributed by atoms with Gasteiger partial charge in [0.2, 0.25) is 0 Å². The Hall–Kier alpha value is -1.72. The van der Waals surface area contributed by atoms with E-state index in [1.165, 1.54) is 95.5 Å². The number of hydrogen-bond acceptors (Lipinski definition) is 4. The van der Waals surface area contributed by atoms with E-state index in [4.69, 9.17) is 0 Å². The molecule has 4 heteroatoms. The highest BCUT2D eigenvalue weighted by atomic mass is 16.3. The van der Waals surface area contributed by atoms with E-state index in [0.29, 0.717) is 58.9 Å². The molecule has 8 aliphatic carbocycles. The van der Waals surface area contributed by atoms with Gasteiger partial charge in [0.25, 0.3) is 0 Å². The first-order valence-electron chi connectivity index (χ1n) is 22.8. The smallest absolute Gasteiger partial charge is 0.0696 e. The number of piperidine rings is 1. The summed E-state index contributed by atoms with van der Waals surface area (Å²) in [5, 5.41) is 29.8. The lowest BCUT2D eigenvalue weighted by molar-refractivity contribution is -0.0732. The van der Waals surface area contributed by atoms with E-state index in [1.54, 1.807) is 27.8 Å². The number of fused-ring (bicyclic) bond motifs is 13. The van der Waals surface area contributed by atoms with Crippen molar-refractivity contribution < 1.29 is 10.2 Å². The number of rotatable bonds is 4. The summed E-state index contributed by atoms with van der Waals surface area (Å²) in [5.74, 6) is 5.33. The first-order valence-corrected chi connectivity index (χ1v) is 22.8. The molecule has 15 unspecified atom stereocenters. The molecule has 6 saturated carbocycles. The first-order chi connectivity index (χ1) is 25.8. The molecule has 1 aromatic carbocycles. The number of nitrogens with one attached hydrogen (secondary N) is 2. The number of allylic oxidation sites excluding steroid dienone is 4. The number of aliphatic hydroxyl groups is 2. The molecule has 0 amide bonds. The largest absolute Gasteiger partial charge is 0.392 e. The normalized spacial score (nSPS) is 47.8. The molecule has 7 fully saturated rings. The van der Waals surface area contributed by atoms with Crippen LogP contribution in [0.5, 0.6) is 0 Å². The van der Waals surface area contributed by atoms with Crippen LogP contribution in [0.15, 0.2) is 59.2 Å². The van der Waals surface area contributed by atoms with E-state index < -0.39 is 0 Å². The Morgan fingerprint density at radius 2 is 1.74 bits per heavy atom. The van der Waals surface area contributed by atoms with Crippen molar-refractivity contribution in [1.82, 2.24) is 10.6 Å². The Balaban J connectivity index is 1.07. The van der Waals surface area contributed by atoms with Gasteiger partial charge in [0.1, 0.15) is 0 Å². The van der Waals surface area contributed by atoms with E-state index in [1.807, 2.05) is 6.92 Å².